The molecule has 2 rings (SSSR count). The standard InChI is InChI=1S/C22H33N3O4Si/c1-14(2)30-19(24-21(27)29-22(3,4)5)20(26)28-17-10-8-9-16-18(17)15(13-23-16)11-12-25(6)7/h8-10,13-14,19,23H,11-12H2,1-7H3,(H,24,27)/t19-/m0/s1. The van der Waals surface area contributed by atoms with Gasteiger partial charge in [-0.25, -0.2) is 9.59 Å². The molecule has 1 heterocycles. The molecule has 2 aromatic rings. The fourth-order valence-corrected chi connectivity index (χ4v) is 4.00. The van der Waals surface area contributed by atoms with E-state index in [-0.39, 0.29) is 15.1 Å². The minimum atomic E-state index is -0.765. The fourth-order valence-electron chi connectivity index (χ4n) is 2.94. The molecule has 0 unspecified atom stereocenters. The molecular weight excluding hydrogens is 398 g/mol. The molecule has 0 aliphatic rings. The van der Waals surface area contributed by atoms with Gasteiger partial charge in [0.1, 0.15) is 17.0 Å². The third-order valence-electron chi connectivity index (χ3n) is 4.18. The highest BCUT2D eigenvalue weighted by Crippen LogP contribution is 2.29. The first-order chi connectivity index (χ1) is 14.0. The summed E-state index contributed by atoms with van der Waals surface area (Å²) < 4.78 is 11.1. The molecule has 30 heavy (non-hydrogen) atoms. The summed E-state index contributed by atoms with van der Waals surface area (Å²) in [4.78, 5) is 30.6. The second-order valence-electron chi connectivity index (χ2n) is 8.87. The number of rotatable bonds is 8. The third kappa shape index (κ3) is 7.18. The van der Waals surface area contributed by atoms with Gasteiger partial charge in [-0.1, -0.05) is 25.5 Å². The summed E-state index contributed by atoms with van der Waals surface area (Å²) >= 11 is 0. The number of aromatic amines is 1. The van der Waals surface area contributed by atoms with Crippen molar-refractivity contribution in [2.24, 2.45) is 0 Å². The molecule has 1 atom stereocenters. The monoisotopic (exact) mass is 431 g/mol. The van der Waals surface area contributed by atoms with Crippen LogP contribution in [0.3, 0.4) is 0 Å². The summed E-state index contributed by atoms with van der Waals surface area (Å²) in [6.07, 6.45) is 2.16. The number of carbonyl (C=O) groups excluding carboxylic acids is 2. The molecule has 0 bridgehead atoms. The van der Waals surface area contributed by atoms with E-state index in [4.69, 9.17) is 9.47 Å². The van der Waals surface area contributed by atoms with Gasteiger partial charge in [-0.05, 0) is 59.0 Å². The van der Waals surface area contributed by atoms with Crippen LogP contribution in [0.1, 0.15) is 40.2 Å². The van der Waals surface area contributed by atoms with Crippen LogP contribution in [-0.4, -0.2) is 63.4 Å². The van der Waals surface area contributed by atoms with Crippen LogP contribution in [0.4, 0.5) is 4.79 Å². The Kier molecular flexibility index (Phi) is 8.08. The molecule has 2 N–H and O–H groups in total. The number of nitrogens with zero attached hydrogens (tertiary/aromatic N) is 1. The summed E-state index contributed by atoms with van der Waals surface area (Å²) in [5, 5.41) is 3.58. The maximum atomic E-state index is 13.0. The van der Waals surface area contributed by atoms with Crippen molar-refractivity contribution in [3.8, 4) is 5.75 Å². The molecule has 7 nitrogen and oxygen atoms in total. The smallest absolute Gasteiger partial charge is 0.408 e. The summed E-state index contributed by atoms with van der Waals surface area (Å²) in [5.74, 6) is 0.0113. The summed E-state index contributed by atoms with van der Waals surface area (Å²) in [6.45, 7) is 10.2. The fraction of sp³-hybridized carbons (Fsp3) is 0.545. The van der Waals surface area contributed by atoms with Crippen LogP contribution in [0.5, 0.6) is 5.75 Å². The minimum absolute atomic E-state index is 0.169. The number of esters is 1. The van der Waals surface area contributed by atoms with Crippen LogP contribution in [0.2, 0.25) is 5.54 Å². The average molecular weight is 432 g/mol. The molecular formula is C22H33N3O4Si. The Morgan fingerprint density at radius 2 is 1.93 bits per heavy atom. The first-order valence-corrected chi connectivity index (χ1v) is 11.3. The van der Waals surface area contributed by atoms with E-state index in [1.807, 2.05) is 46.3 Å². The zero-order chi connectivity index (χ0) is 22.5. The largest absolute Gasteiger partial charge is 0.444 e. The van der Waals surface area contributed by atoms with Crippen molar-refractivity contribution in [2.45, 2.75) is 57.8 Å². The Labute approximate surface area is 181 Å². The number of aromatic nitrogens is 1. The molecule has 0 aliphatic heterocycles. The maximum absolute atomic E-state index is 13.0. The number of carbonyl (C=O) groups is 2. The average Bonchev–Trinajstić information content (AvgIpc) is 3.01. The Morgan fingerprint density at radius 3 is 2.53 bits per heavy atom. The van der Waals surface area contributed by atoms with Crippen molar-refractivity contribution >= 4 is 32.5 Å². The van der Waals surface area contributed by atoms with Gasteiger partial charge in [0, 0.05) is 23.6 Å². The number of benzene rings is 1. The number of likely N-dealkylation sites (N-methyl/N-ethyl adjacent to an activating group) is 1. The normalized spacial score (nSPS) is 13.0. The lowest BCUT2D eigenvalue weighted by atomic mass is 10.1. The Morgan fingerprint density at radius 1 is 1.23 bits per heavy atom. The number of hydrogen-bond donors (Lipinski definition) is 2. The van der Waals surface area contributed by atoms with Crippen molar-refractivity contribution in [3.63, 3.8) is 0 Å². The number of H-pyrrole nitrogens is 1. The molecule has 0 saturated heterocycles. The first kappa shape index (κ1) is 24.0. The van der Waals surface area contributed by atoms with Crippen LogP contribution in [-0.2, 0) is 16.0 Å². The number of alkyl carbamates (subject to hydrolysis) is 1. The Balaban J connectivity index is 2.22. The highest BCUT2D eigenvalue weighted by atomic mass is 28.2. The van der Waals surface area contributed by atoms with E-state index in [2.05, 4.69) is 15.2 Å². The van der Waals surface area contributed by atoms with Crippen LogP contribution in [0.25, 0.3) is 10.9 Å². The number of hydrogen-bond acceptors (Lipinski definition) is 5. The van der Waals surface area contributed by atoms with Crippen molar-refractivity contribution in [1.29, 1.82) is 0 Å². The van der Waals surface area contributed by atoms with Gasteiger partial charge in [0.25, 0.3) is 0 Å². The van der Waals surface area contributed by atoms with E-state index in [1.165, 1.54) is 0 Å². The van der Waals surface area contributed by atoms with Gasteiger partial charge in [0.2, 0.25) is 0 Å². The van der Waals surface area contributed by atoms with Crippen molar-refractivity contribution < 1.29 is 19.1 Å². The minimum Gasteiger partial charge on any atom is -0.444 e. The van der Waals surface area contributed by atoms with Gasteiger partial charge in [-0.15, -0.1) is 0 Å². The molecule has 2 radical (unpaired) electrons. The van der Waals surface area contributed by atoms with Gasteiger partial charge < -0.3 is 24.7 Å². The second-order valence-corrected chi connectivity index (χ2v) is 10.9. The van der Waals surface area contributed by atoms with Gasteiger partial charge in [0.05, 0.1) is 9.52 Å². The third-order valence-corrected chi connectivity index (χ3v) is 5.56. The lowest BCUT2D eigenvalue weighted by Gasteiger charge is -2.23. The van der Waals surface area contributed by atoms with Crippen molar-refractivity contribution in [1.82, 2.24) is 15.2 Å². The molecule has 1 aromatic carbocycles. The Hall–Kier alpha value is -2.32. The van der Waals surface area contributed by atoms with E-state index in [1.54, 1.807) is 26.8 Å². The highest BCUT2D eigenvalue weighted by Gasteiger charge is 2.28. The van der Waals surface area contributed by atoms with Crippen molar-refractivity contribution in [2.75, 3.05) is 20.6 Å². The van der Waals surface area contributed by atoms with Crippen LogP contribution < -0.4 is 10.1 Å². The lowest BCUT2D eigenvalue weighted by Crippen LogP contribution is -2.49. The quantitative estimate of drug-likeness (QED) is 0.379. The summed E-state index contributed by atoms with van der Waals surface area (Å²) in [6, 6.07) is 5.59. The molecule has 164 valence electrons. The number of amides is 1. The molecule has 1 aromatic heterocycles. The van der Waals surface area contributed by atoms with Crippen molar-refractivity contribution in [3.05, 3.63) is 30.0 Å². The summed E-state index contributed by atoms with van der Waals surface area (Å²) in [5.41, 5.74) is 0.815. The topological polar surface area (TPSA) is 83.7 Å². The van der Waals surface area contributed by atoms with E-state index in [0.717, 1.165) is 29.4 Å². The van der Waals surface area contributed by atoms with Gasteiger partial charge >= 0.3 is 12.1 Å². The second kappa shape index (κ2) is 10.1. The molecule has 0 spiro atoms. The predicted octanol–water partition coefficient (Wildman–Crippen LogP) is 3.56. The van der Waals surface area contributed by atoms with Gasteiger partial charge in [0.15, 0.2) is 0 Å². The zero-order valence-electron chi connectivity index (χ0n) is 19.0. The molecule has 0 fully saturated rings. The lowest BCUT2D eigenvalue weighted by molar-refractivity contribution is -0.134. The SMILES string of the molecule is CC(C)[Si][C@H](NC(=O)OC(C)(C)C)C(=O)Oc1cccc2[nH]cc(CCN(C)C)c12. The Bertz CT molecular complexity index is 871. The van der Waals surface area contributed by atoms with Crippen LogP contribution >= 0.6 is 0 Å². The first-order valence-electron chi connectivity index (χ1n) is 10.2. The van der Waals surface area contributed by atoms with Crippen LogP contribution in [0.15, 0.2) is 24.4 Å². The van der Waals surface area contributed by atoms with Gasteiger partial charge in [-0.3, -0.25) is 0 Å². The molecule has 8 heteroatoms. The van der Waals surface area contributed by atoms with E-state index in [9.17, 15) is 9.59 Å². The molecule has 1 amide bonds. The predicted molar refractivity (Wildman–Crippen MR) is 120 cm³/mol. The number of ether oxygens (including phenoxy) is 2. The van der Waals surface area contributed by atoms with Crippen LogP contribution in [0, 0.1) is 0 Å². The van der Waals surface area contributed by atoms with E-state index < -0.39 is 23.3 Å². The highest BCUT2D eigenvalue weighted by molar-refractivity contribution is 6.45. The van der Waals surface area contributed by atoms with E-state index >= 15 is 0 Å². The molecule has 0 aliphatic carbocycles. The van der Waals surface area contributed by atoms with E-state index in [0.29, 0.717) is 5.75 Å². The van der Waals surface area contributed by atoms with Gasteiger partial charge in [-0.2, -0.15) is 0 Å². The molecule has 0 saturated carbocycles. The number of fused-ring (bicyclic) bond motifs is 1. The maximum Gasteiger partial charge on any atom is 0.408 e. The zero-order valence-corrected chi connectivity index (χ0v) is 20.0. The summed E-state index contributed by atoms with van der Waals surface area (Å²) in [7, 11) is 4.22. The number of nitrogens with one attached hydrogen (secondary N) is 2.